The molecule has 2 heterocycles. The number of carbonyl (C=O) groups is 1. The predicted octanol–water partition coefficient (Wildman–Crippen LogP) is 3.31. The van der Waals surface area contributed by atoms with E-state index >= 15 is 0 Å². The number of pyridine rings is 1. The molecule has 4 nitrogen and oxygen atoms in total. The minimum atomic E-state index is -0.128. The summed E-state index contributed by atoms with van der Waals surface area (Å²) < 4.78 is 0. The van der Waals surface area contributed by atoms with Gasteiger partial charge in [-0.3, -0.25) is 4.79 Å². The predicted molar refractivity (Wildman–Crippen MR) is 92.7 cm³/mol. The number of aryl methyl sites for hydroxylation is 1. The van der Waals surface area contributed by atoms with Crippen molar-refractivity contribution >= 4 is 11.6 Å². The summed E-state index contributed by atoms with van der Waals surface area (Å²) in [6.45, 7) is 4.74. The van der Waals surface area contributed by atoms with Crippen molar-refractivity contribution in [2.45, 2.75) is 32.7 Å². The average molecular weight is 309 g/mol. The number of piperidine rings is 1. The first kappa shape index (κ1) is 15.5. The number of hydrogen-bond donors (Lipinski definition) is 1. The summed E-state index contributed by atoms with van der Waals surface area (Å²) in [5, 5.41) is 2.93. The van der Waals surface area contributed by atoms with Crippen LogP contribution in [-0.2, 0) is 6.54 Å². The van der Waals surface area contributed by atoms with Crippen molar-refractivity contribution in [1.82, 2.24) is 10.3 Å². The number of carbonyl (C=O) groups excluding carboxylic acids is 1. The molecule has 2 aromatic rings. The largest absolute Gasteiger partial charge is 0.370 e. The number of nitrogens with one attached hydrogen (secondary N) is 1. The van der Waals surface area contributed by atoms with E-state index in [1.54, 1.807) is 0 Å². The fourth-order valence-corrected chi connectivity index (χ4v) is 2.95. The van der Waals surface area contributed by atoms with Crippen LogP contribution in [-0.4, -0.2) is 24.0 Å². The molecule has 0 radical (unpaired) electrons. The van der Waals surface area contributed by atoms with Gasteiger partial charge in [0.2, 0.25) is 0 Å². The second-order valence-electron chi connectivity index (χ2n) is 6.12. The second-order valence-corrected chi connectivity index (χ2v) is 6.12. The van der Waals surface area contributed by atoms with E-state index in [4.69, 9.17) is 0 Å². The zero-order valence-corrected chi connectivity index (χ0v) is 13.6. The number of aromatic nitrogens is 1. The van der Waals surface area contributed by atoms with Gasteiger partial charge in [-0.05, 0) is 43.9 Å². The molecule has 0 aliphatic carbocycles. The first-order valence-electron chi connectivity index (χ1n) is 8.27. The van der Waals surface area contributed by atoms with E-state index < -0.39 is 0 Å². The molecule has 120 valence electrons. The van der Waals surface area contributed by atoms with Gasteiger partial charge in [0.15, 0.2) is 0 Å². The third kappa shape index (κ3) is 4.09. The second kappa shape index (κ2) is 7.27. The lowest BCUT2D eigenvalue weighted by atomic mass is 10.1. The fourth-order valence-electron chi connectivity index (χ4n) is 2.95. The molecule has 1 fully saturated rings. The summed E-state index contributed by atoms with van der Waals surface area (Å²) >= 11 is 0. The SMILES string of the molecule is Cc1cccc(CNC(=O)c2ccc(N3CCCCC3)cn2)c1. The summed E-state index contributed by atoms with van der Waals surface area (Å²) in [5.41, 5.74) is 3.88. The van der Waals surface area contributed by atoms with Gasteiger partial charge in [-0.25, -0.2) is 4.98 Å². The lowest BCUT2D eigenvalue weighted by molar-refractivity contribution is 0.0946. The molecule has 0 unspecified atom stereocenters. The van der Waals surface area contributed by atoms with Crippen LogP contribution in [0.25, 0.3) is 0 Å². The fraction of sp³-hybridized carbons (Fsp3) is 0.368. The molecule has 0 saturated carbocycles. The number of anilines is 1. The minimum Gasteiger partial charge on any atom is -0.370 e. The van der Waals surface area contributed by atoms with Gasteiger partial charge in [0.1, 0.15) is 5.69 Å². The first-order chi connectivity index (χ1) is 11.2. The van der Waals surface area contributed by atoms with Crippen LogP contribution in [0, 0.1) is 6.92 Å². The van der Waals surface area contributed by atoms with E-state index in [9.17, 15) is 4.79 Å². The molecule has 1 aromatic carbocycles. The van der Waals surface area contributed by atoms with Crippen molar-refractivity contribution in [1.29, 1.82) is 0 Å². The first-order valence-corrected chi connectivity index (χ1v) is 8.27. The Kier molecular flexibility index (Phi) is 4.91. The van der Waals surface area contributed by atoms with Crippen LogP contribution in [0.2, 0.25) is 0 Å². The van der Waals surface area contributed by atoms with Crippen LogP contribution >= 0.6 is 0 Å². The molecule has 0 spiro atoms. The molecule has 4 heteroatoms. The van der Waals surface area contributed by atoms with Crippen LogP contribution in [0.15, 0.2) is 42.6 Å². The monoisotopic (exact) mass is 309 g/mol. The number of hydrogen-bond acceptors (Lipinski definition) is 3. The van der Waals surface area contributed by atoms with Crippen LogP contribution < -0.4 is 10.2 Å². The van der Waals surface area contributed by atoms with E-state index in [-0.39, 0.29) is 5.91 Å². The molecular formula is C19H23N3O. The number of rotatable bonds is 4. The number of benzene rings is 1. The summed E-state index contributed by atoms with van der Waals surface area (Å²) in [4.78, 5) is 18.9. The van der Waals surface area contributed by atoms with Gasteiger partial charge in [0.25, 0.3) is 5.91 Å². The standard InChI is InChI=1S/C19H23N3O/c1-15-6-5-7-16(12-15)13-21-19(23)18-9-8-17(14-20-18)22-10-3-2-4-11-22/h5-9,12,14H,2-4,10-11,13H2,1H3,(H,21,23). The average Bonchev–Trinajstić information content (AvgIpc) is 2.61. The highest BCUT2D eigenvalue weighted by Crippen LogP contribution is 2.18. The van der Waals surface area contributed by atoms with Gasteiger partial charge in [-0.2, -0.15) is 0 Å². The number of amides is 1. The van der Waals surface area contributed by atoms with Gasteiger partial charge in [-0.15, -0.1) is 0 Å². The van der Waals surface area contributed by atoms with E-state index in [2.05, 4.69) is 21.3 Å². The quantitative estimate of drug-likeness (QED) is 0.942. The highest BCUT2D eigenvalue weighted by atomic mass is 16.1. The van der Waals surface area contributed by atoms with Crippen LogP contribution in [0.4, 0.5) is 5.69 Å². The van der Waals surface area contributed by atoms with Crippen LogP contribution in [0.3, 0.4) is 0 Å². The molecule has 0 bridgehead atoms. The van der Waals surface area contributed by atoms with Crippen LogP contribution in [0.5, 0.6) is 0 Å². The normalized spacial score (nSPS) is 14.6. The number of nitrogens with zero attached hydrogens (tertiary/aromatic N) is 2. The lowest BCUT2D eigenvalue weighted by Gasteiger charge is -2.28. The van der Waals surface area contributed by atoms with E-state index in [0.29, 0.717) is 12.2 Å². The molecule has 1 aromatic heterocycles. The molecular weight excluding hydrogens is 286 g/mol. The van der Waals surface area contributed by atoms with E-state index in [1.165, 1.54) is 24.8 Å². The van der Waals surface area contributed by atoms with E-state index in [0.717, 1.165) is 24.3 Å². The zero-order valence-electron chi connectivity index (χ0n) is 13.6. The molecule has 0 atom stereocenters. The lowest BCUT2D eigenvalue weighted by Crippen LogP contribution is -2.29. The zero-order chi connectivity index (χ0) is 16.1. The third-order valence-electron chi connectivity index (χ3n) is 4.24. The van der Waals surface area contributed by atoms with Gasteiger partial charge >= 0.3 is 0 Å². The van der Waals surface area contributed by atoms with Crippen molar-refractivity contribution in [2.24, 2.45) is 0 Å². The molecule has 3 rings (SSSR count). The maximum atomic E-state index is 12.2. The smallest absolute Gasteiger partial charge is 0.270 e. The Labute approximate surface area is 137 Å². The summed E-state index contributed by atoms with van der Waals surface area (Å²) in [7, 11) is 0. The van der Waals surface area contributed by atoms with Crippen molar-refractivity contribution in [3.8, 4) is 0 Å². The van der Waals surface area contributed by atoms with Crippen molar-refractivity contribution < 1.29 is 4.79 Å². The van der Waals surface area contributed by atoms with Crippen molar-refractivity contribution in [2.75, 3.05) is 18.0 Å². The minimum absolute atomic E-state index is 0.128. The molecule has 1 aliphatic heterocycles. The summed E-state index contributed by atoms with van der Waals surface area (Å²) in [6.07, 6.45) is 5.59. The van der Waals surface area contributed by atoms with E-state index in [1.807, 2.05) is 43.5 Å². The molecule has 23 heavy (non-hydrogen) atoms. The Morgan fingerprint density at radius 3 is 2.70 bits per heavy atom. The summed E-state index contributed by atoms with van der Waals surface area (Å²) in [5.74, 6) is -0.128. The highest BCUT2D eigenvalue weighted by molar-refractivity contribution is 5.92. The van der Waals surface area contributed by atoms with Gasteiger partial charge < -0.3 is 10.2 Å². The third-order valence-corrected chi connectivity index (χ3v) is 4.24. The Bertz CT molecular complexity index is 661. The van der Waals surface area contributed by atoms with Gasteiger partial charge in [-0.1, -0.05) is 29.8 Å². The van der Waals surface area contributed by atoms with Gasteiger partial charge in [0.05, 0.1) is 11.9 Å². The molecule has 1 amide bonds. The Balaban J connectivity index is 1.59. The van der Waals surface area contributed by atoms with Crippen molar-refractivity contribution in [3.63, 3.8) is 0 Å². The Morgan fingerprint density at radius 2 is 2.00 bits per heavy atom. The maximum absolute atomic E-state index is 12.2. The molecule has 1 saturated heterocycles. The van der Waals surface area contributed by atoms with Gasteiger partial charge in [0, 0.05) is 19.6 Å². The van der Waals surface area contributed by atoms with Crippen LogP contribution in [0.1, 0.15) is 40.9 Å². The molecule has 1 N–H and O–H groups in total. The highest BCUT2D eigenvalue weighted by Gasteiger charge is 2.12. The summed E-state index contributed by atoms with van der Waals surface area (Å²) in [6, 6.07) is 12.0. The Hall–Kier alpha value is -2.36. The molecule has 1 aliphatic rings. The van der Waals surface area contributed by atoms with Crippen molar-refractivity contribution in [3.05, 3.63) is 59.4 Å². The Morgan fingerprint density at radius 1 is 1.17 bits per heavy atom. The topological polar surface area (TPSA) is 45.2 Å². The maximum Gasteiger partial charge on any atom is 0.270 e.